The monoisotopic (exact) mass is 427 g/mol. The lowest BCUT2D eigenvalue weighted by atomic mass is 10.1. The second-order valence-corrected chi connectivity index (χ2v) is 6.18. The first-order chi connectivity index (χ1) is 15.1. The number of hydrazine groups is 1. The molecule has 5 N–H and O–H groups in total. The van der Waals surface area contributed by atoms with Gasteiger partial charge in [-0.05, 0) is 26.0 Å². The van der Waals surface area contributed by atoms with Crippen molar-refractivity contribution in [2.75, 3.05) is 25.5 Å². The average Bonchev–Trinajstić information content (AvgIpc) is 2.82. The van der Waals surface area contributed by atoms with Crippen molar-refractivity contribution in [3.63, 3.8) is 0 Å². The molecule has 0 aliphatic carbocycles. The molecule has 1 aromatic heterocycles. The van der Waals surface area contributed by atoms with Crippen molar-refractivity contribution in [1.82, 2.24) is 9.99 Å². The van der Waals surface area contributed by atoms with Crippen LogP contribution in [0.25, 0.3) is 5.57 Å². The minimum atomic E-state index is 0.0848. The minimum Gasteiger partial charge on any atom is -0.471 e. The lowest BCUT2D eigenvalue weighted by Gasteiger charge is -2.26. The van der Waals surface area contributed by atoms with Crippen molar-refractivity contribution < 1.29 is 4.74 Å². The SMILES string of the molecule is C/C=C/C(=C\N(C)N)c1cnc2c(c1)NC[C@@H](CCN)O2.CC.CC.c1ccccc1. The summed E-state index contributed by atoms with van der Waals surface area (Å²) in [4.78, 5) is 4.40. The van der Waals surface area contributed by atoms with Gasteiger partial charge in [0.15, 0.2) is 0 Å². The molecule has 2 heterocycles. The van der Waals surface area contributed by atoms with Crippen LogP contribution in [0, 0.1) is 0 Å². The maximum absolute atomic E-state index is 5.82. The van der Waals surface area contributed by atoms with E-state index in [9.17, 15) is 0 Å². The van der Waals surface area contributed by atoms with E-state index in [0.717, 1.165) is 29.8 Å². The summed E-state index contributed by atoms with van der Waals surface area (Å²) >= 11 is 0. The fourth-order valence-electron chi connectivity index (χ4n) is 2.60. The van der Waals surface area contributed by atoms with Gasteiger partial charge in [-0.3, -0.25) is 0 Å². The summed E-state index contributed by atoms with van der Waals surface area (Å²) in [5.74, 6) is 6.33. The molecule has 0 unspecified atom stereocenters. The number of benzene rings is 1. The fraction of sp³-hybridized carbons (Fsp3) is 0.400. The van der Waals surface area contributed by atoms with Gasteiger partial charge in [-0.2, -0.15) is 0 Å². The molecule has 0 amide bonds. The molecule has 3 rings (SSSR count). The van der Waals surface area contributed by atoms with E-state index in [2.05, 4.69) is 10.3 Å². The summed E-state index contributed by atoms with van der Waals surface area (Å²) in [6.07, 6.45) is 8.51. The van der Waals surface area contributed by atoms with Crippen LogP contribution in [0.3, 0.4) is 0 Å². The minimum absolute atomic E-state index is 0.0848. The number of nitrogens with one attached hydrogen (secondary N) is 1. The standard InChI is InChI=1S/C15H23N5O.C6H6.2C2H6/c1-3-4-11(10-20(2)17)12-7-14-15(19-8-12)21-13(5-6-16)9-18-14;1-2-4-6-5-3-1;2*1-2/h3-4,7-8,10,13,18H,5-6,9,16-17H2,1-2H3;1-6H;2*1-2H3/b4-3+,11-10+;;;/t13-;;;/m1.../s1. The van der Waals surface area contributed by atoms with Crippen LogP contribution in [0.15, 0.2) is 67.0 Å². The van der Waals surface area contributed by atoms with Crippen molar-refractivity contribution in [2.24, 2.45) is 11.6 Å². The van der Waals surface area contributed by atoms with E-state index in [1.807, 2.05) is 95.4 Å². The number of pyridine rings is 1. The van der Waals surface area contributed by atoms with Gasteiger partial charge in [-0.15, -0.1) is 0 Å². The zero-order chi connectivity index (χ0) is 23.5. The number of aromatic nitrogens is 1. The van der Waals surface area contributed by atoms with Crippen molar-refractivity contribution in [3.05, 3.63) is 72.6 Å². The lowest BCUT2D eigenvalue weighted by Crippen LogP contribution is -2.33. The molecule has 172 valence electrons. The largest absolute Gasteiger partial charge is 0.471 e. The van der Waals surface area contributed by atoms with Gasteiger partial charge < -0.3 is 20.8 Å². The van der Waals surface area contributed by atoms with E-state index in [1.54, 1.807) is 13.2 Å². The average molecular weight is 428 g/mol. The van der Waals surface area contributed by atoms with Crippen LogP contribution >= 0.6 is 0 Å². The van der Waals surface area contributed by atoms with E-state index >= 15 is 0 Å². The topological polar surface area (TPSA) is 89.4 Å². The molecule has 6 heteroatoms. The summed E-state index contributed by atoms with van der Waals surface area (Å²) < 4.78 is 5.82. The van der Waals surface area contributed by atoms with E-state index in [1.165, 1.54) is 5.01 Å². The van der Waals surface area contributed by atoms with Crippen LogP contribution in [0.5, 0.6) is 5.88 Å². The summed E-state index contributed by atoms with van der Waals surface area (Å²) in [6, 6.07) is 14.0. The van der Waals surface area contributed by atoms with Gasteiger partial charge >= 0.3 is 0 Å². The van der Waals surface area contributed by atoms with E-state index in [-0.39, 0.29) is 6.10 Å². The summed E-state index contributed by atoms with van der Waals surface area (Å²) in [5.41, 5.74) is 8.44. The zero-order valence-electron chi connectivity index (χ0n) is 20.0. The molecule has 0 radical (unpaired) electrons. The van der Waals surface area contributed by atoms with Gasteiger partial charge in [0.2, 0.25) is 5.88 Å². The molecule has 1 aliphatic heterocycles. The van der Waals surface area contributed by atoms with Gasteiger partial charge in [-0.25, -0.2) is 10.8 Å². The molecule has 1 atom stereocenters. The Morgan fingerprint density at radius 2 is 1.74 bits per heavy atom. The van der Waals surface area contributed by atoms with Gasteiger partial charge in [0.1, 0.15) is 6.10 Å². The van der Waals surface area contributed by atoms with Crippen molar-refractivity contribution in [2.45, 2.75) is 47.1 Å². The molecule has 1 aliphatic rings. The number of ether oxygens (including phenoxy) is 1. The van der Waals surface area contributed by atoms with Crippen LogP contribution in [0.2, 0.25) is 0 Å². The highest BCUT2D eigenvalue weighted by Crippen LogP contribution is 2.30. The number of hydrogen-bond donors (Lipinski definition) is 3. The third kappa shape index (κ3) is 11.2. The van der Waals surface area contributed by atoms with Crippen LogP contribution in [-0.2, 0) is 0 Å². The molecule has 2 aromatic rings. The Morgan fingerprint density at radius 1 is 1.16 bits per heavy atom. The van der Waals surface area contributed by atoms with Crippen molar-refractivity contribution in [1.29, 1.82) is 0 Å². The maximum Gasteiger partial charge on any atom is 0.237 e. The number of hydrogen-bond acceptors (Lipinski definition) is 6. The molecule has 6 nitrogen and oxygen atoms in total. The number of nitrogens with zero attached hydrogens (tertiary/aromatic N) is 2. The molecular formula is C25H41N5O. The van der Waals surface area contributed by atoms with E-state index in [0.29, 0.717) is 12.4 Å². The van der Waals surface area contributed by atoms with Gasteiger partial charge in [-0.1, -0.05) is 76.2 Å². The number of nitrogens with two attached hydrogens (primary N) is 2. The molecule has 1 aromatic carbocycles. The molecular weight excluding hydrogens is 386 g/mol. The number of anilines is 1. The lowest BCUT2D eigenvalue weighted by molar-refractivity contribution is 0.190. The predicted octanol–water partition coefficient (Wildman–Crippen LogP) is 5.06. The first-order valence-corrected chi connectivity index (χ1v) is 11.1. The highest BCUT2D eigenvalue weighted by atomic mass is 16.5. The van der Waals surface area contributed by atoms with Gasteiger partial charge in [0, 0.05) is 30.6 Å². The first-order valence-electron chi connectivity index (χ1n) is 11.1. The zero-order valence-corrected chi connectivity index (χ0v) is 20.0. The van der Waals surface area contributed by atoms with Crippen LogP contribution < -0.4 is 21.6 Å². The second-order valence-electron chi connectivity index (χ2n) is 6.18. The maximum atomic E-state index is 5.82. The third-order valence-electron chi connectivity index (χ3n) is 3.83. The number of allylic oxidation sites excluding steroid dienone is 3. The normalized spacial score (nSPS) is 14.2. The molecule has 0 saturated heterocycles. The van der Waals surface area contributed by atoms with Crippen molar-refractivity contribution in [3.8, 4) is 5.88 Å². The van der Waals surface area contributed by atoms with Crippen LogP contribution in [-0.4, -0.2) is 36.2 Å². The highest BCUT2D eigenvalue weighted by Gasteiger charge is 2.20. The molecule has 0 fully saturated rings. The Hall–Kier alpha value is -2.83. The third-order valence-corrected chi connectivity index (χ3v) is 3.83. The highest BCUT2D eigenvalue weighted by molar-refractivity contribution is 5.76. The Balaban J connectivity index is 0.000000753. The Bertz CT molecular complexity index is 718. The van der Waals surface area contributed by atoms with Gasteiger partial charge in [0.25, 0.3) is 0 Å². The van der Waals surface area contributed by atoms with Crippen LogP contribution in [0.1, 0.15) is 46.6 Å². The molecule has 0 spiro atoms. The summed E-state index contributed by atoms with van der Waals surface area (Å²) in [6.45, 7) is 11.3. The van der Waals surface area contributed by atoms with E-state index < -0.39 is 0 Å². The summed E-state index contributed by atoms with van der Waals surface area (Å²) in [5, 5.41) is 4.87. The van der Waals surface area contributed by atoms with Crippen molar-refractivity contribution >= 4 is 11.3 Å². The van der Waals surface area contributed by atoms with E-state index in [4.69, 9.17) is 16.3 Å². The Kier molecular flexibility index (Phi) is 16.3. The predicted molar refractivity (Wildman–Crippen MR) is 135 cm³/mol. The Labute approximate surface area is 189 Å². The number of rotatable bonds is 5. The first kappa shape index (κ1) is 28.2. The Morgan fingerprint density at radius 3 is 2.23 bits per heavy atom. The molecule has 31 heavy (non-hydrogen) atoms. The quantitative estimate of drug-likeness (QED) is 0.351. The number of fused-ring (bicyclic) bond motifs is 1. The molecule has 0 bridgehead atoms. The van der Waals surface area contributed by atoms with Crippen LogP contribution in [0.4, 0.5) is 5.69 Å². The summed E-state index contributed by atoms with van der Waals surface area (Å²) in [7, 11) is 1.79. The second kappa shape index (κ2) is 18.0. The van der Waals surface area contributed by atoms with Gasteiger partial charge in [0.05, 0.1) is 12.2 Å². The fourth-order valence-corrected chi connectivity index (χ4v) is 2.60. The smallest absolute Gasteiger partial charge is 0.237 e. The molecule has 0 saturated carbocycles.